The standard InChI is InChI=1S/C20H20O7/c1-23-13-7-5-6-12(18(13)25-3)17(21)15-10-11-8-9-14(24-2)19(26-4)16(11)20(22)27-15/h5-9,15H,10H2,1-4H3. The molecule has 1 aliphatic rings. The van der Waals surface area contributed by atoms with E-state index < -0.39 is 12.1 Å². The highest BCUT2D eigenvalue weighted by Gasteiger charge is 2.36. The number of carbonyl (C=O) groups is 2. The molecule has 0 saturated heterocycles. The van der Waals surface area contributed by atoms with Crippen LogP contribution in [0.5, 0.6) is 23.0 Å². The molecule has 0 spiro atoms. The van der Waals surface area contributed by atoms with Gasteiger partial charge in [-0.25, -0.2) is 4.79 Å². The summed E-state index contributed by atoms with van der Waals surface area (Å²) in [5.41, 5.74) is 1.22. The first-order valence-electron chi connectivity index (χ1n) is 8.25. The Morgan fingerprint density at radius 3 is 2.22 bits per heavy atom. The molecule has 0 aromatic heterocycles. The van der Waals surface area contributed by atoms with E-state index >= 15 is 0 Å². The molecular formula is C20H20O7. The second-order valence-electron chi connectivity index (χ2n) is 5.84. The number of ketones is 1. The van der Waals surface area contributed by atoms with Gasteiger partial charge in [-0.05, 0) is 23.8 Å². The van der Waals surface area contributed by atoms with Crippen molar-refractivity contribution in [2.45, 2.75) is 12.5 Å². The van der Waals surface area contributed by atoms with Crippen LogP contribution in [0.4, 0.5) is 0 Å². The summed E-state index contributed by atoms with van der Waals surface area (Å²) in [4.78, 5) is 25.6. The van der Waals surface area contributed by atoms with Crippen LogP contribution in [0.2, 0.25) is 0 Å². The minimum Gasteiger partial charge on any atom is -0.493 e. The van der Waals surface area contributed by atoms with Crippen LogP contribution < -0.4 is 18.9 Å². The molecule has 7 heteroatoms. The number of Topliss-reactive ketones (excluding diaryl/α,β-unsaturated/α-hetero) is 1. The van der Waals surface area contributed by atoms with Gasteiger partial charge in [0.05, 0.1) is 34.0 Å². The summed E-state index contributed by atoms with van der Waals surface area (Å²) in [7, 11) is 5.88. The second-order valence-corrected chi connectivity index (χ2v) is 5.84. The van der Waals surface area contributed by atoms with Gasteiger partial charge in [-0.3, -0.25) is 4.79 Å². The highest BCUT2D eigenvalue weighted by molar-refractivity contribution is 6.06. The SMILES string of the molecule is COc1cccc(C(=O)C2Cc3ccc(OC)c(OC)c3C(=O)O2)c1OC. The number of esters is 1. The van der Waals surface area contributed by atoms with Gasteiger partial charge in [-0.2, -0.15) is 0 Å². The number of rotatable bonds is 6. The summed E-state index contributed by atoms with van der Waals surface area (Å²) in [6, 6.07) is 8.42. The Hall–Kier alpha value is -3.22. The van der Waals surface area contributed by atoms with Gasteiger partial charge in [-0.15, -0.1) is 0 Å². The number of hydrogen-bond donors (Lipinski definition) is 0. The van der Waals surface area contributed by atoms with E-state index in [1.165, 1.54) is 28.4 Å². The maximum atomic E-state index is 13.0. The van der Waals surface area contributed by atoms with E-state index in [1.54, 1.807) is 30.3 Å². The molecule has 0 aliphatic carbocycles. The molecule has 1 atom stereocenters. The summed E-state index contributed by atoms with van der Waals surface area (Å²) in [5.74, 6) is 0.459. The molecule has 0 fully saturated rings. The topological polar surface area (TPSA) is 80.3 Å². The maximum Gasteiger partial charge on any atom is 0.343 e. The van der Waals surface area contributed by atoms with Crippen molar-refractivity contribution in [3.05, 3.63) is 47.0 Å². The smallest absolute Gasteiger partial charge is 0.343 e. The summed E-state index contributed by atoms with van der Waals surface area (Å²) in [5, 5.41) is 0. The van der Waals surface area contributed by atoms with Gasteiger partial charge < -0.3 is 23.7 Å². The molecule has 0 amide bonds. The first-order chi connectivity index (χ1) is 13.0. The third kappa shape index (κ3) is 3.16. The average Bonchev–Trinajstić information content (AvgIpc) is 2.71. The highest BCUT2D eigenvalue weighted by atomic mass is 16.6. The van der Waals surface area contributed by atoms with Gasteiger partial charge in [0.15, 0.2) is 29.1 Å². The number of hydrogen-bond acceptors (Lipinski definition) is 7. The molecule has 7 nitrogen and oxygen atoms in total. The van der Waals surface area contributed by atoms with Crippen LogP contribution in [0.1, 0.15) is 26.3 Å². The Kier molecular flexibility index (Phi) is 5.21. The predicted molar refractivity (Wildman–Crippen MR) is 96.3 cm³/mol. The largest absolute Gasteiger partial charge is 0.493 e. The van der Waals surface area contributed by atoms with Crippen molar-refractivity contribution >= 4 is 11.8 Å². The molecule has 0 bridgehead atoms. The molecule has 1 aliphatic heterocycles. The summed E-state index contributed by atoms with van der Waals surface area (Å²) in [6.07, 6.45) is -0.746. The lowest BCUT2D eigenvalue weighted by Gasteiger charge is -2.26. The van der Waals surface area contributed by atoms with E-state index in [2.05, 4.69) is 0 Å². The fourth-order valence-corrected chi connectivity index (χ4v) is 3.19. The Balaban J connectivity index is 1.98. The number of methoxy groups -OCH3 is 4. The third-order valence-corrected chi connectivity index (χ3v) is 4.45. The lowest BCUT2D eigenvalue weighted by molar-refractivity contribution is 0.0242. The second kappa shape index (κ2) is 7.57. The van der Waals surface area contributed by atoms with E-state index in [9.17, 15) is 9.59 Å². The van der Waals surface area contributed by atoms with Crippen LogP contribution in [0.15, 0.2) is 30.3 Å². The first-order valence-corrected chi connectivity index (χ1v) is 8.25. The number of cyclic esters (lactones) is 1. The Morgan fingerprint density at radius 2 is 1.59 bits per heavy atom. The van der Waals surface area contributed by atoms with E-state index in [-0.39, 0.29) is 17.8 Å². The highest BCUT2D eigenvalue weighted by Crippen LogP contribution is 2.38. The number of carbonyl (C=O) groups excluding carboxylic acids is 2. The van der Waals surface area contributed by atoms with Crippen LogP contribution in [0.3, 0.4) is 0 Å². The van der Waals surface area contributed by atoms with Gasteiger partial charge in [0.2, 0.25) is 5.78 Å². The minimum atomic E-state index is -0.968. The zero-order valence-corrected chi connectivity index (χ0v) is 15.5. The van der Waals surface area contributed by atoms with E-state index in [4.69, 9.17) is 23.7 Å². The monoisotopic (exact) mass is 372 g/mol. The zero-order valence-electron chi connectivity index (χ0n) is 15.5. The van der Waals surface area contributed by atoms with Crippen molar-refractivity contribution in [2.24, 2.45) is 0 Å². The number of benzene rings is 2. The number of para-hydroxylation sites is 1. The van der Waals surface area contributed by atoms with Crippen molar-refractivity contribution in [3.8, 4) is 23.0 Å². The molecule has 1 heterocycles. The molecule has 142 valence electrons. The Morgan fingerprint density at radius 1 is 0.926 bits per heavy atom. The molecule has 0 N–H and O–H groups in total. The molecular weight excluding hydrogens is 352 g/mol. The van der Waals surface area contributed by atoms with Crippen molar-refractivity contribution < 1.29 is 33.3 Å². The number of fused-ring (bicyclic) bond motifs is 1. The summed E-state index contributed by atoms with van der Waals surface area (Å²) >= 11 is 0. The van der Waals surface area contributed by atoms with Crippen molar-refractivity contribution in [3.63, 3.8) is 0 Å². The van der Waals surface area contributed by atoms with Gasteiger partial charge in [0.25, 0.3) is 0 Å². The van der Waals surface area contributed by atoms with E-state index in [0.717, 1.165) is 0 Å². The number of ether oxygens (including phenoxy) is 5. The van der Waals surface area contributed by atoms with Crippen LogP contribution >= 0.6 is 0 Å². The third-order valence-electron chi connectivity index (χ3n) is 4.45. The minimum absolute atomic E-state index is 0.223. The summed E-state index contributed by atoms with van der Waals surface area (Å²) < 4.78 is 26.5. The van der Waals surface area contributed by atoms with Crippen LogP contribution in [-0.4, -0.2) is 46.3 Å². The van der Waals surface area contributed by atoms with Crippen molar-refractivity contribution in [1.29, 1.82) is 0 Å². The first kappa shape index (κ1) is 18.6. The van der Waals surface area contributed by atoms with Crippen molar-refractivity contribution in [2.75, 3.05) is 28.4 Å². The molecule has 2 aromatic carbocycles. The fraction of sp³-hybridized carbons (Fsp3) is 0.300. The molecule has 3 rings (SSSR count). The van der Waals surface area contributed by atoms with E-state index in [0.29, 0.717) is 34.1 Å². The lowest BCUT2D eigenvalue weighted by atomic mass is 9.93. The van der Waals surface area contributed by atoms with Crippen LogP contribution in [0, 0.1) is 0 Å². The molecule has 0 radical (unpaired) electrons. The lowest BCUT2D eigenvalue weighted by Crippen LogP contribution is -2.35. The average molecular weight is 372 g/mol. The van der Waals surface area contributed by atoms with Crippen LogP contribution in [0.25, 0.3) is 0 Å². The van der Waals surface area contributed by atoms with Crippen molar-refractivity contribution in [1.82, 2.24) is 0 Å². The molecule has 1 unspecified atom stereocenters. The quantitative estimate of drug-likeness (QED) is 0.570. The van der Waals surface area contributed by atoms with E-state index in [1.807, 2.05) is 0 Å². The van der Waals surface area contributed by atoms with Gasteiger partial charge in [0, 0.05) is 6.42 Å². The maximum absolute atomic E-state index is 13.0. The summed E-state index contributed by atoms with van der Waals surface area (Å²) in [6.45, 7) is 0. The van der Waals surface area contributed by atoms with Gasteiger partial charge >= 0.3 is 5.97 Å². The van der Waals surface area contributed by atoms with Gasteiger partial charge in [0.1, 0.15) is 5.56 Å². The Labute approximate surface area is 156 Å². The molecule has 2 aromatic rings. The Bertz CT molecular complexity index is 888. The molecule has 0 saturated carbocycles. The van der Waals surface area contributed by atoms with Gasteiger partial charge in [-0.1, -0.05) is 12.1 Å². The molecule has 27 heavy (non-hydrogen) atoms. The normalized spacial score (nSPS) is 15.4. The zero-order chi connectivity index (χ0) is 19.6. The predicted octanol–water partition coefficient (Wildman–Crippen LogP) is 2.69. The van der Waals surface area contributed by atoms with Crippen LogP contribution in [-0.2, 0) is 11.2 Å². The fourth-order valence-electron chi connectivity index (χ4n) is 3.19.